The maximum absolute atomic E-state index is 13.2. The molecule has 37 heavy (non-hydrogen) atoms. The van der Waals surface area contributed by atoms with Crippen LogP contribution in [0.2, 0.25) is 0 Å². The van der Waals surface area contributed by atoms with E-state index in [0.29, 0.717) is 25.0 Å². The molecule has 2 atom stereocenters. The first-order chi connectivity index (χ1) is 17.8. The number of hydrogen-bond acceptors (Lipinski definition) is 6. The van der Waals surface area contributed by atoms with Crippen LogP contribution in [-0.2, 0) is 9.59 Å². The van der Waals surface area contributed by atoms with Gasteiger partial charge < -0.3 is 25.7 Å². The average Bonchev–Trinajstić information content (AvgIpc) is 3.34. The van der Waals surface area contributed by atoms with Gasteiger partial charge in [0.25, 0.3) is 11.8 Å². The molecule has 10 heteroatoms. The van der Waals surface area contributed by atoms with Crippen LogP contribution in [0.15, 0.2) is 59.1 Å². The molecular weight excluding hydrogens is 474 g/mol. The van der Waals surface area contributed by atoms with Crippen LogP contribution >= 0.6 is 0 Å². The van der Waals surface area contributed by atoms with Crippen LogP contribution in [0.1, 0.15) is 47.7 Å². The fourth-order valence-corrected chi connectivity index (χ4v) is 3.82. The number of amides is 3. The molecule has 0 saturated heterocycles. The third-order valence-electron chi connectivity index (χ3n) is 5.75. The lowest BCUT2D eigenvalue weighted by atomic mass is 10.0. The smallest absolute Gasteiger partial charge is 0.287 e. The van der Waals surface area contributed by atoms with E-state index in [0.717, 1.165) is 5.39 Å². The lowest BCUT2D eigenvalue weighted by Gasteiger charge is -2.23. The molecule has 0 fully saturated rings. The van der Waals surface area contributed by atoms with E-state index >= 15 is 0 Å². The standard InChI is InChI=1S/C27H33N5O5/c1-17(2)14-21(32-27(36)24-15-18-8-4-5-10-23(18)37-24)26(35)31-19(11-13-28-3)22(33)16-30-25(34)20-9-6-7-12-29-20/h4-10,12,15,17,19,21,28H,11,13-14,16H2,1-3H3,(H,30,34)(H,31,35)(H,32,36)/p+1/t19?,21-/m0/s1. The molecule has 1 aromatic carbocycles. The number of carbonyl (C=O) groups is 4. The van der Waals surface area contributed by atoms with Gasteiger partial charge in [-0.25, -0.2) is 0 Å². The zero-order valence-electron chi connectivity index (χ0n) is 21.3. The minimum absolute atomic E-state index is 0.0995. The number of nitrogens with one attached hydrogen (secondary N) is 3. The van der Waals surface area contributed by atoms with E-state index < -0.39 is 29.8 Å². The van der Waals surface area contributed by atoms with Crippen LogP contribution in [0, 0.1) is 5.92 Å². The number of fused-ring (bicyclic) bond motifs is 1. The van der Waals surface area contributed by atoms with Crippen molar-refractivity contribution in [2.24, 2.45) is 5.92 Å². The van der Waals surface area contributed by atoms with Gasteiger partial charge in [0, 0.05) is 18.0 Å². The molecule has 3 amide bonds. The fourth-order valence-electron chi connectivity index (χ4n) is 3.82. The van der Waals surface area contributed by atoms with Crippen molar-refractivity contribution in [1.29, 1.82) is 0 Å². The van der Waals surface area contributed by atoms with E-state index in [-0.39, 0.29) is 29.7 Å². The molecule has 1 unspecified atom stereocenters. The molecule has 2 aromatic heterocycles. The number of furan rings is 1. The number of pyridine rings is 1. The number of para-hydroxylation sites is 1. The second-order valence-electron chi connectivity index (χ2n) is 9.21. The Morgan fingerprint density at radius 3 is 2.41 bits per heavy atom. The SMILES string of the molecule is C[NH2+]CCC(NC(=O)[C@H](CC(C)C)NC(=O)c1cc2ccccc2o1)C(=O)CNC(=O)c1ccccn1. The summed E-state index contributed by atoms with van der Waals surface area (Å²) in [4.78, 5) is 55.3. The zero-order chi connectivity index (χ0) is 26.8. The molecule has 5 N–H and O–H groups in total. The highest BCUT2D eigenvalue weighted by Gasteiger charge is 2.28. The molecule has 0 aliphatic rings. The number of benzene rings is 1. The number of nitrogens with zero attached hydrogens (tertiary/aromatic N) is 1. The Kier molecular flexibility index (Phi) is 9.91. The molecular formula is C27H34N5O5+. The van der Waals surface area contributed by atoms with Crippen molar-refractivity contribution in [2.45, 2.75) is 38.8 Å². The van der Waals surface area contributed by atoms with Gasteiger partial charge in [-0.2, -0.15) is 0 Å². The summed E-state index contributed by atoms with van der Waals surface area (Å²) >= 11 is 0. The van der Waals surface area contributed by atoms with Crippen LogP contribution in [0.25, 0.3) is 11.0 Å². The monoisotopic (exact) mass is 508 g/mol. The quantitative estimate of drug-likeness (QED) is 0.271. The van der Waals surface area contributed by atoms with Crippen LogP contribution in [0.5, 0.6) is 0 Å². The molecule has 0 aliphatic carbocycles. The highest BCUT2D eigenvalue weighted by molar-refractivity contribution is 6.00. The van der Waals surface area contributed by atoms with Gasteiger partial charge in [0.15, 0.2) is 11.5 Å². The van der Waals surface area contributed by atoms with Crippen molar-refractivity contribution < 1.29 is 28.9 Å². The summed E-state index contributed by atoms with van der Waals surface area (Å²) in [7, 11) is 1.86. The predicted octanol–water partition coefficient (Wildman–Crippen LogP) is 1.04. The molecule has 2 heterocycles. The van der Waals surface area contributed by atoms with E-state index in [1.165, 1.54) is 6.20 Å². The predicted molar refractivity (Wildman–Crippen MR) is 138 cm³/mol. The van der Waals surface area contributed by atoms with Crippen LogP contribution < -0.4 is 21.3 Å². The summed E-state index contributed by atoms with van der Waals surface area (Å²) in [6.45, 7) is 4.21. The molecule has 10 nitrogen and oxygen atoms in total. The Bertz CT molecular complexity index is 1190. The average molecular weight is 509 g/mol. The number of rotatable bonds is 13. The number of quaternary nitrogens is 1. The van der Waals surface area contributed by atoms with Gasteiger partial charge >= 0.3 is 0 Å². The molecule has 0 bridgehead atoms. The van der Waals surface area contributed by atoms with Gasteiger partial charge in [-0.05, 0) is 36.6 Å². The first kappa shape index (κ1) is 27.5. The van der Waals surface area contributed by atoms with Gasteiger partial charge in [-0.1, -0.05) is 38.1 Å². The van der Waals surface area contributed by atoms with E-state index in [1.807, 2.05) is 44.4 Å². The van der Waals surface area contributed by atoms with Crippen molar-refractivity contribution in [3.05, 3.63) is 66.2 Å². The van der Waals surface area contributed by atoms with Crippen LogP contribution in [-0.4, -0.2) is 60.7 Å². The highest BCUT2D eigenvalue weighted by Crippen LogP contribution is 2.19. The number of aromatic nitrogens is 1. The summed E-state index contributed by atoms with van der Waals surface area (Å²) < 4.78 is 5.63. The van der Waals surface area contributed by atoms with Crippen molar-refractivity contribution in [3.8, 4) is 0 Å². The summed E-state index contributed by atoms with van der Waals surface area (Å²) in [5, 5.41) is 10.8. The van der Waals surface area contributed by atoms with Crippen molar-refractivity contribution in [3.63, 3.8) is 0 Å². The third-order valence-corrected chi connectivity index (χ3v) is 5.75. The van der Waals surface area contributed by atoms with Gasteiger partial charge in [0.2, 0.25) is 5.91 Å². The number of carbonyl (C=O) groups excluding carboxylic acids is 4. The lowest BCUT2D eigenvalue weighted by Crippen LogP contribution is -2.80. The summed E-state index contributed by atoms with van der Waals surface area (Å²) in [6, 6.07) is 12.1. The van der Waals surface area contributed by atoms with Gasteiger partial charge in [-0.3, -0.25) is 24.2 Å². The number of nitrogens with two attached hydrogens (primary N) is 1. The van der Waals surface area contributed by atoms with Crippen LogP contribution in [0.4, 0.5) is 0 Å². The van der Waals surface area contributed by atoms with Crippen molar-refractivity contribution in [2.75, 3.05) is 20.1 Å². The molecule has 0 aliphatic heterocycles. The zero-order valence-corrected chi connectivity index (χ0v) is 21.3. The maximum Gasteiger partial charge on any atom is 0.287 e. The van der Waals surface area contributed by atoms with Gasteiger partial charge in [0.05, 0.1) is 26.2 Å². The van der Waals surface area contributed by atoms with Crippen molar-refractivity contribution >= 4 is 34.5 Å². The molecule has 196 valence electrons. The normalized spacial score (nSPS) is 12.6. The topological polar surface area (TPSA) is 147 Å². The summed E-state index contributed by atoms with van der Waals surface area (Å²) in [6.07, 6.45) is 2.23. The fraction of sp³-hybridized carbons (Fsp3) is 0.370. The molecule has 0 radical (unpaired) electrons. The number of Topliss-reactive ketones (excluding diaryl/α,β-unsaturated/α-hetero) is 1. The number of hydrogen-bond donors (Lipinski definition) is 4. The van der Waals surface area contributed by atoms with Gasteiger partial charge in [0.1, 0.15) is 17.3 Å². The van der Waals surface area contributed by atoms with Gasteiger partial charge in [-0.15, -0.1) is 0 Å². The summed E-state index contributed by atoms with van der Waals surface area (Å²) in [5.74, 6) is -1.59. The Morgan fingerprint density at radius 2 is 1.73 bits per heavy atom. The minimum Gasteiger partial charge on any atom is -0.451 e. The molecule has 0 saturated carbocycles. The maximum atomic E-state index is 13.2. The Labute approximate surface area is 215 Å². The molecule has 0 spiro atoms. The first-order valence-electron chi connectivity index (χ1n) is 12.4. The minimum atomic E-state index is -0.871. The highest BCUT2D eigenvalue weighted by atomic mass is 16.3. The summed E-state index contributed by atoms with van der Waals surface area (Å²) in [5.41, 5.74) is 0.773. The van der Waals surface area contributed by atoms with E-state index in [9.17, 15) is 19.2 Å². The second-order valence-corrected chi connectivity index (χ2v) is 9.21. The number of ketones is 1. The van der Waals surface area contributed by atoms with E-state index in [4.69, 9.17) is 4.42 Å². The molecule has 3 rings (SSSR count). The Hall–Kier alpha value is -4.05. The Balaban J connectivity index is 1.67. The first-order valence-corrected chi connectivity index (χ1v) is 12.4. The largest absolute Gasteiger partial charge is 0.451 e. The van der Waals surface area contributed by atoms with Crippen molar-refractivity contribution in [1.82, 2.24) is 20.9 Å². The second kappa shape index (κ2) is 13.3. The lowest BCUT2D eigenvalue weighted by molar-refractivity contribution is -0.627. The Morgan fingerprint density at radius 1 is 0.973 bits per heavy atom. The van der Waals surface area contributed by atoms with Crippen LogP contribution in [0.3, 0.4) is 0 Å². The van der Waals surface area contributed by atoms with E-state index in [2.05, 4.69) is 20.9 Å². The third kappa shape index (κ3) is 7.97. The van der Waals surface area contributed by atoms with E-state index in [1.54, 1.807) is 30.3 Å². The molecule has 3 aromatic rings.